The van der Waals surface area contributed by atoms with Crippen molar-refractivity contribution in [1.29, 1.82) is 0 Å². The summed E-state index contributed by atoms with van der Waals surface area (Å²) in [6, 6.07) is 5.54. The number of nitrogens with zero attached hydrogens (tertiary/aromatic N) is 1. The number of hydrogen-bond donors (Lipinski definition) is 2. The van der Waals surface area contributed by atoms with Gasteiger partial charge in [-0.05, 0) is 25.5 Å². The van der Waals surface area contributed by atoms with Gasteiger partial charge in [0.25, 0.3) is 5.91 Å². The summed E-state index contributed by atoms with van der Waals surface area (Å²) in [6.07, 6.45) is 0.839. The second-order valence-corrected chi connectivity index (χ2v) is 5.10. The average molecular weight is 273 g/mol. The van der Waals surface area contributed by atoms with Gasteiger partial charge in [0.15, 0.2) is 0 Å². The minimum Gasteiger partial charge on any atom is -0.396 e. The zero-order chi connectivity index (χ0) is 14.5. The molecule has 0 spiro atoms. The van der Waals surface area contributed by atoms with Crippen LogP contribution in [-0.2, 0) is 0 Å². The molecule has 2 N–H and O–H groups in total. The summed E-state index contributed by atoms with van der Waals surface area (Å²) < 4.78 is 0. The van der Waals surface area contributed by atoms with Gasteiger partial charge in [-0.15, -0.1) is 0 Å². The second-order valence-electron chi connectivity index (χ2n) is 5.10. The van der Waals surface area contributed by atoms with Crippen molar-refractivity contribution < 1.29 is 15.0 Å². The first-order valence-electron chi connectivity index (χ1n) is 6.76. The highest BCUT2D eigenvalue weighted by molar-refractivity contribution is 5.97. The Morgan fingerprint density at radius 3 is 2.90 bits per heavy atom. The Morgan fingerprint density at radius 1 is 1.45 bits per heavy atom. The maximum atomic E-state index is 12.6. The van der Waals surface area contributed by atoms with E-state index in [1.54, 1.807) is 4.90 Å². The first-order chi connectivity index (χ1) is 9.65. The molecule has 20 heavy (non-hydrogen) atoms. The lowest BCUT2D eigenvalue weighted by Gasteiger charge is -2.17. The quantitative estimate of drug-likeness (QED) is 0.783. The molecule has 1 aliphatic rings. The van der Waals surface area contributed by atoms with Gasteiger partial charge in [-0.1, -0.05) is 23.5 Å². The Morgan fingerprint density at radius 2 is 2.25 bits per heavy atom. The molecule has 0 radical (unpaired) electrons. The zero-order valence-corrected chi connectivity index (χ0v) is 11.6. The van der Waals surface area contributed by atoms with Crippen LogP contribution < -0.4 is 0 Å². The van der Waals surface area contributed by atoms with Crippen LogP contribution in [0, 0.1) is 24.7 Å². The molecule has 1 unspecified atom stereocenters. The van der Waals surface area contributed by atoms with Gasteiger partial charge < -0.3 is 15.1 Å². The number of hydrogen-bond acceptors (Lipinski definition) is 3. The summed E-state index contributed by atoms with van der Waals surface area (Å²) in [6.45, 7) is 3.09. The van der Waals surface area contributed by atoms with Crippen LogP contribution in [0.25, 0.3) is 0 Å². The third-order valence-corrected chi connectivity index (χ3v) is 3.54. The van der Waals surface area contributed by atoms with E-state index < -0.39 is 0 Å². The van der Waals surface area contributed by atoms with Crippen LogP contribution in [0.4, 0.5) is 0 Å². The number of aliphatic hydroxyl groups is 2. The fourth-order valence-corrected chi connectivity index (χ4v) is 2.42. The minimum atomic E-state index is -0.224. The Hall–Kier alpha value is -1.83. The zero-order valence-electron chi connectivity index (χ0n) is 11.6. The lowest BCUT2D eigenvalue weighted by molar-refractivity contribution is 0.0781. The highest BCUT2D eigenvalue weighted by Crippen LogP contribution is 2.20. The lowest BCUT2D eigenvalue weighted by Crippen LogP contribution is -2.29. The van der Waals surface area contributed by atoms with Crippen LogP contribution in [-0.4, -0.2) is 47.3 Å². The Balaban J connectivity index is 2.27. The van der Waals surface area contributed by atoms with E-state index in [-0.39, 0.29) is 25.0 Å². The predicted molar refractivity (Wildman–Crippen MR) is 76.2 cm³/mol. The fourth-order valence-electron chi connectivity index (χ4n) is 2.42. The molecular weight excluding hydrogens is 254 g/mol. The van der Waals surface area contributed by atoms with E-state index >= 15 is 0 Å². The number of benzene rings is 1. The fraction of sp³-hybridized carbons (Fsp3) is 0.438. The van der Waals surface area contributed by atoms with E-state index in [9.17, 15) is 4.79 Å². The van der Waals surface area contributed by atoms with Crippen molar-refractivity contribution in [2.75, 3.05) is 26.3 Å². The highest BCUT2D eigenvalue weighted by atomic mass is 16.3. The summed E-state index contributed by atoms with van der Waals surface area (Å²) in [7, 11) is 0. The number of carbonyl (C=O) groups excluding carboxylic acids is 1. The first-order valence-corrected chi connectivity index (χ1v) is 6.76. The number of aryl methyl sites for hydroxylation is 1. The highest BCUT2D eigenvalue weighted by Gasteiger charge is 2.27. The van der Waals surface area contributed by atoms with Crippen molar-refractivity contribution in [1.82, 2.24) is 4.90 Å². The maximum absolute atomic E-state index is 12.6. The van der Waals surface area contributed by atoms with E-state index in [1.807, 2.05) is 25.1 Å². The van der Waals surface area contributed by atoms with Gasteiger partial charge in [-0.25, -0.2) is 0 Å². The molecule has 1 aromatic carbocycles. The Bertz CT molecular complexity index is 557. The van der Waals surface area contributed by atoms with Crippen molar-refractivity contribution in [3.63, 3.8) is 0 Å². The lowest BCUT2D eigenvalue weighted by atomic mass is 10.0. The van der Waals surface area contributed by atoms with Gasteiger partial charge in [0.05, 0.1) is 5.56 Å². The third-order valence-electron chi connectivity index (χ3n) is 3.54. The average Bonchev–Trinajstić information content (AvgIpc) is 2.94. The van der Waals surface area contributed by atoms with Crippen LogP contribution in [0.5, 0.6) is 0 Å². The summed E-state index contributed by atoms with van der Waals surface area (Å²) in [5.74, 6) is 5.53. The van der Waals surface area contributed by atoms with Crippen molar-refractivity contribution in [3.8, 4) is 11.8 Å². The molecule has 0 bridgehead atoms. The molecule has 1 aromatic rings. The van der Waals surface area contributed by atoms with Gasteiger partial charge in [-0.2, -0.15) is 0 Å². The van der Waals surface area contributed by atoms with E-state index in [4.69, 9.17) is 10.2 Å². The van der Waals surface area contributed by atoms with Crippen LogP contribution >= 0.6 is 0 Å². The molecule has 0 aromatic heterocycles. The second kappa shape index (κ2) is 6.56. The third kappa shape index (κ3) is 3.19. The number of rotatable bonds is 2. The van der Waals surface area contributed by atoms with Gasteiger partial charge in [0, 0.05) is 31.2 Å². The van der Waals surface area contributed by atoms with E-state index in [0.717, 1.165) is 12.0 Å². The molecule has 4 heteroatoms. The molecule has 4 nitrogen and oxygen atoms in total. The first kappa shape index (κ1) is 14.6. The van der Waals surface area contributed by atoms with E-state index in [0.29, 0.717) is 24.2 Å². The Kier molecular flexibility index (Phi) is 4.78. The molecule has 106 valence electrons. The number of aliphatic hydroxyl groups excluding tert-OH is 2. The molecule has 2 rings (SSSR count). The van der Waals surface area contributed by atoms with Crippen molar-refractivity contribution in [2.24, 2.45) is 5.92 Å². The normalized spacial score (nSPS) is 17.8. The van der Waals surface area contributed by atoms with Gasteiger partial charge in [0.2, 0.25) is 0 Å². The summed E-state index contributed by atoms with van der Waals surface area (Å²) >= 11 is 0. The largest absolute Gasteiger partial charge is 0.396 e. The number of carbonyl (C=O) groups is 1. The van der Waals surface area contributed by atoms with Gasteiger partial charge in [-0.3, -0.25) is 4.79 Å². The van der Waals surface area contributed by atoms with Crippen LogP contribution in [0.1, 0.15) is 27.9 Å². The van der Waals surface area contributed by atoms with Crippen molar-refractivity contribution in [3.05, 3.63) is 34.9 Å². The summed E-state index contributed by atoms with van der Waals surface area (Å²) in [5, 5.41) is 18.0. The molecule has 1 amide bonds. The SMILES string of the molecule is Cc1ccc(C#CCO)c(C(=O)N2CCC(CO)C2)c1. The summed E-state index contributed by atoms with van der Waals surface area (Å²) in [4.78, 5) is 14.3. The molecular formula is C16H19NO3. The molecule has 1 fully saturated rings. The smallest absolute Gasteiger partial charge is 0.255 e. The van der Waals surface area contributed by atoms with E-state index in [2.05, 4.69) is 11.8 Å². The van der Waals surface area contributed by atoms with Crippen LogP contribution in [0.2, 0.25) is 0 Å². The van der Waals surface area contributed by atoms with Crippen molar-refractivity contribution >= 4 is 5.91 Å². The summed E-state index contributed by atoms with van der Waals surface area (Å²) in [5.41, 5.74) is 2.22. The van der Waals surface area contributed by atoms with Gasteiger partial charge >= 0.3 is 0 Å². The molecule has 1 heterocycles. The molecule has 1 aliphatic heterocycles. The monoisotopic (exact) mass is 273 g/mol. The minimum absolute atomic E-state index is 0.0492. The topological polar surface area (TPSA) is 60.8 Å². The van der Waals surface area contributed by atoms with Gasteiger partial charge in [0.1, 0.15) is 6.61 Å². The van der Waals surface area contributed by atoms with E-state index in [1.165, 1.54) is 0 Å². The van der Waals surface area contributed by atoms with Crippen molar-refractivity contribution in [2.45, 2.75) is 13.3 Å². The predicted octanol–water partition coefficient (Wildman–Crippen LogP) is 0.793. The van der Waals surface area contributed by atoms with Crippen LogP contribution in [0.3, 0.4) is 0 Å². The molecule has 1 saturated heterocycles. The molecule has 0 saturated carbocycles. The molecule has 0 aliphatic carbocycles. The standard InChI is InChI=1S/C16H19NO3/c1-12-4-5-14(3-2-8-18)15(9-12)16(20)17-7-6-13(10-17)11-19/h4-5,9,13,18-19H,6-8,10-11H2,1H3. The molecule has 1 atom stereocenters. The Labute approximate surface area is 119 Å². The van der Waals surface area contributed by atoms with Crippen LogP contribution in [0.15, 0.2) is 18.2 Å². The number of likely N-dealkylation sites (tertiary alicyclic amines) is 1. The maximum Gasteiger partial charge on any atom is 0.255 e. The number of amides is 1.